The van der Waals surface area contributed by atoms with Gasteiger partial charge < -0.3 is 10.2 Å². The molecule has 1 atom stereocenters. The van der Waals surface area contributed by atoms with Crippen LogP contribution in [-0.2, 0) is 9.59 Å². The first kappa shape index (κ1) is 15.7. The van der Waals surface area contributed by atoms with Crippen molar-refractivity contribution in [2.75, 3.05) is 11.9 Å². The van der Waals surface area contributed by atoms with Crippen LogP contribution in [0.3, 0.4) is 0 Å². The molecule has 0 spiro atoms. The van der Waals surface area contributed by atoms with Crippen LogP contribution in [0.5, 0.6) is 0 Å². The minimum atomic E-state index is -0.282. The number of benzene rings is 1. The minimum absolute atomic E-state index is 0.00327. The largest absolute Gasteiger partial charge is 0.339 e. The van der Waals surface area contributed by atoms with Crippen molar-refractivity contribution in [3.63, 3.8) is 0 Å². The molecule has 0 unspecified atom stereocenters. The second kappa shape index (κ2) is 6.52. The van der Waals surface area contributed by atoms with Gasteiger partial charge in [-0.2, -0.15) is 0 Å². The number of carbonyl (C=O) groups excluding carboxylic acids is 3. The Bertz CT molecular complexity index is 618. The van der Waals surface area contributed by atoms with Gasteiger partial charge in [-0.15, -0.1) is 0 Å². The van der Waals surface area contributed by atoms with E-state index in [-0.39, 0.29) is 23.5 Å². The predicted molar refractivity (Wildman–Crippen MR) is 87.2 cm³/mol. The molecule has 5 heteroatoms. The smallest absolute Gasteiger partial charge is 0.229 e. The maximum Gasteiger partial charge on any atom is 0.229 e. The first-order chi connectivity index (χ1) is 11.0. The normalized spacial score (nSPS) is 21.7. The molecule has 5 nitrogen and oxygen atoms in total. The topological polar surface area (TPSA) is 66.5 Å². The van der Waals surface area contributed by atoms with Gasteiger partial charge in [-0.25, -0.2) is 0 Å². The van der Waals surface area contributed by atoms with E-state index >= 15 is 0 Å². The quantitative estimate of drug-likeness (QED) is 0.869. The molecule has 0 aromatic heterocycles. The van der Waals surface area contributed by atoms with Crippen molar-refractivity contribution in [3.05, 3.63) is 29.8 Å². The molecule has 2 aliphatic rings. The summed E-state index contributed by atoms with van der Waals surface area (Å²) < 4.78 is 0. The molecule has 2 amide bonds. The number of likely N-dealkylation sites (tertiary alicyclic amines) is 1. The van der Waals surface area contributed by atoms with Crippen LogP contribution in [0.15, 0.2) is 24.3 Å². The van der Waals surface area contributed by atoms with Crippen molar-refractivity contribution in [3.8, 4) is 0 Å². The van der Waals surface area contributed by atoms with Crippen LogP contribution in [0.1, 0.15) is 49.4 Å². The molecule has 1 aliphatic heterocycles. The standard InChI is InChI=1S/C18H22N2O3/c1-12(21)13-6-8-15(9-7-13)19-18(23)14-10-17(22)20(11-14)16-4-2-3-5-16/h6-9,14,16H,2-5,10-11H2,1H3,(H,19,23)/t14-/m0/s1. The fourth-order valence-electron chi connectivity index (χ4n) is 3.51. The Hall–Kier alpha value is -2.17. The minimum Gasteiger partial charge on any atom is -0.339 e. The van der Waals surface area contributed by atoms with Crippen molar-refractivity contribution >= 4 is 23.3 Å². The Kier molecular flexibility index (Phi) is 4.46. The van der Waals surface area contributed by atoms with E-state index in [1.807, 2.05) is 4.90 Å². The average Bonchev–Trinajstić information content (AvgIpc) is 3.16. The van der Waals surface area contributed by atoms with E-state index in [9.17, 15) is 14.4 Å². The van der Waals surface area contributed by atoms with E-state index in [1.54, 1.807) is 24.3 Å². The lowest BCUT2D eigenvalue weighted by Crippen LogP contribution is -2.35. The number of Topliss-reactive ketones (excluding diaryl/α,β-unsaturated/α-hetero) is 1. The Morgan fingerprint density at radius 1 is 1.13 bits per heavy atom. The van der Waals surface area contributed by atoms with E-state index in [0.29, 0.717) is 30.3 Å². The number of nitrogens with zero attached hydrogens (tertiary/aromatic N) is 1. The second-order valence-corrected chi connectivity index (χ2v) is 6.51. The fraction of sp³-hybridized carbons (Fsp3) is 0.500. The number of rotatable bonds is 4. The molecule has 1 N–H and O–H groups in total. The third-order valence-corrected chi connectivity index (χ3v) is 4.85. The second-order valence-electron chi connectivity index (χ2n) is 6.51. The SMILES string of the molecule is CC(=O)c1ccc(NC(=O)[C@H]2CC(=O)N(C3CCCC3)C2)cc1. The number of anilines is 1. The summed E-state index contributed by atoms with van der Waals surface area (Å²) in [6.07, 6.45) is 4.77. The molecule has 1 heterocycles. The molecule has 122 valence electrons. The number of hydrogen-bond donors (Lipinski definition) is 1. The molecule has 1 aromatic rings. The van der Waals surface area contributed by atoms with E-state index in [2.05, 4.69) is 5.32 Å². The van der Waals surface area contributed by atoms with Gasteiger partial charge in [0.2, 0.25) is 11.8 Å². The van der Waals surface area contributed by atoms with Gasteiger partial charge in [0.25, 0.3) is 0 Å². The van der Waals surface area contributed by atoms with Gasteiger partial charge in [0, 0.05) is 30.3 Å². The molecule has 1 aliphatic carbocycles. The third kappa shape index (κ3) is 3.44. The molecular formula is C18H22N2O3. The van der Waals surface area contributed by atoms with Crippen molar-refractivity contribution in [2.45, 2.75) is 45.1 Å². The Morgan fingerprint density at radius 2 is 1.78 bits per heavy atom. The zero-order chi connectivity index (χ0) is 16.4. The Labute approximate surface area is 136 Å². The van der Waals surface area contributed by atoms with Gasteiger partial charge in [0.05, 0.1) is 5.92 Å². The number of nitrogens with one attached hydrogen (secondary N) is 1. The summed E-state index contributed by atoms with van der Waals surface area (Å²) in [7, 11) is 0. The maximum atomic E-state index is 12.4. The zero-order valence-electron chi connectivity index (χ0n) is 13.4. The monoisotopic (exact) mass is 314 g/mol. The van der Waals surface area contributed by atoms with Crippen molar-refractivity contribution < 1.29 is 14.4 Å². The Morgan fingerprint density at radius 3 is 2.39 bits per heavy atom. The van der Waals surface area contributed by atoms with Crippen molar-refractivity contribution in [2.24, 2.45) is 5.92 Å². The van der Waals surface area contributed by atoms with E-state index in [4.69, 9.17) is 0 Å². The zero-order valence-corrected chi connectivity index (χ0v) is 13.4. The van der Waals surface area contributed by atoms with Gasteiger partial charge in [0.15, 0.2) is 5.78 Å². The fourth-order valence-corrected chi connectivity index (χ4v) is 3.51. The molecule has 0 radical (unpaired) electrons. The number of amides is 2. The highest BCUT2D eigenvalue weighted by molar-refractivity contribution is 5.98. The molecule has 1 saturated heterocycles. The van der Waals surface area contributed by atoms with Crippen molar-refractivity contribution in [1.82, 2.24) is 4.90 Å². The summed E-state index contributed by atoms with van der Waals surface area (Å²) in [4.78, 5) is 37.7. The lowest BCUT2D eigenvalue weighted by molar-refractivity contribution is -0.129. The van der Waals surface area contributed by atoms with Crippen LogP contribution in [0.4, 0.5) is 5.69 Å². The summed E-state index contributed by atoms with van der Waals surface area (Å²) in [6.45, 7) is 2.04. The lowest BCUT2D eigenvalue weighted by atomic mass is 10.1. The summed E-state index contributed by atoms with van der Waals surface area (Å²) in [5.74, 6) is -0.301. The lowest BCUT2D eigenvalue weighted by Gasteiger charge is -2.23. The highest BCUT2D eigenvalue weighted by atomic mass is 16.2. The average molecular weight is 314 g/mol. The van der Waals surface area contributed by atoms with E-state index < -0.39 is 0 Å². The molecule has 3 rings (SSSR count). The van der Waals surface area contributed by atoms with Crippen LogP contribution in [-0.4, -0.2) is 35.1 Å². The van der Waals surface area contributed by atoms with Crippen LogP contribution >= 0.6 is 0 Å². The van der Waals surface area contributed by atoms with E-state index in [0.717, 1.165) is 12.8 Å². The molecule has 0 bridgehead atoms. The van der Waals surface area contributed by atoms with Crippen LogP contribution in [0, 0.1) is 5.92 Å². The first-order valence-corrected chi connectivity index (χ1v) is 8.26. The number of ketones is 1. The number of hydrogen-bond acceptors (Lipinski definition) is 3. The highest BCUT2D eigenvalue weighted by Gasteiger charge is 2.38. The summed E-state index contributed by atoms with van der Waals surface area (Å²) in [5.41, 5.74) is 1.28. The van der Waals surface area contributed by atoms with Crippen LogP contribution in [0.25, 0.3) is 0 Å². The first-order valence-electron chi connectivity index (χ1n) is 8.26. The molecule has 2 fully saturated rings. The molecular weight excluding hydrogens is 292 g/mol. The summed E-state index contributed by atoms with van der Waals surface area (Å²) >= 11 is 0. The maximum absolute atomic E-state index is 12.4. The number of carbonyl (C=O) groups is 3. The Balaban J connectivity index is 1.60. The van der Waals surface area contributed by atoms with Gasteiger partial charge in [-0.3, -0.25) is 14.4 Å². The van der Waals surface area contributed by atoms with Crippen LogP contribution < -0.4 is 5.32 Å². The van der Waals surface area contributed by atoms with Gasteiger partial charge in [-0.05, 0) is 44.0 Å². The van der Waals surface area contributed by atoms with Gasteiger partial charge >= 0.3 is 0 Å². The summed E-state index contributed by atoms with van der Waals surface area (Å²) in [6, 6.07) is 7.17. The molecule has 1 aromatic carbocycles. The molecule has 23 heavy (non-hydrogen) atoms. The van der Waals surface area contributed by atoms with Crippen molar-refractivity contribution in [1.29, 1.82) is 0 Å². The highest BCUT2D eigenvalue weighted by Crippen LogP contribution is 2.30. The summed E-state index contributed by atoms with van der Waals surface area (Å²) in [5, 5.41) is 2.85. The van der Waals surface area contributed by atoms with E-state index in [1.165, 1.54) is 19.8 Å². The molecule has 1 saturated carbocycles. The third-order valence-electron chi connectivity index (χ3n) is 4.85. The van der Waals surface area contributed by atoms with Crippen LogP contribution in [0.2, 0.25) is 0 Å². The van der Waals surface area contributed by atoms with Gasteiger partial charge in [0.1, 0.15) is 0 Å². The predicted octanol–water partition coefficient (Wildman–Crippen LogP) is 2.62. The van der Waals surface area contributed by atoms with Gasteiger partial charge in [-0.1, -0.05) is 12.8 Å².